The Hall–Kier alpha value is -1.62. The summed E-state index contributed by atoms with van der Waals surface area (Å²) in [6.07, 6.45) is 2.35. The first-order chi connectivity index (χ1) is 8.06. The number of pyridine rings is 1. The van der Waals surface area contributed by atoms with Gasteiger partial charge in [-0.2, -0.15) is 0 Å². The minimum absolute atomic E-state index is 0.0412. The number of rotatable bonds is 6. The summed E-state index contributed by atoms with van der Waals surface area (Å²) in [6, 6.07) is 3.81. The van der Waals surface area contributed by atoms with Crippen molar-refractivity contribution in [1.82, 2.24) is 4.98 Å². The van der Waals surface area contributed by atoms with Gasteiger partial charge < -0.3 is 15.7 Å². The van der Waals surface area contributed by atoms with Gasteiger partial charge in [-0.3, -0.25) is 5.41 Å². The van der Waals surface area contributed by atoms with Gasteiger partial charge in [-0.25, -0.2) is 4.98 Å². The standard InChI is InChI=1S/C12H20N4O/c1-9(2)16(6-3-7-17)11-8-10(12(13)14)4-5-15-11/h4-5,8-9,17H,3,6-7H2,1-2H3,(H3,13,14). The average molecular weight is 236 g/mol. The maximum absolute atomic E-state index is 8.89. The maximum atomic E-state index is 8.89. The summed E-state index contributed by atoms with van der Waals surface area (Å²) in [5.41, 5.74) is 6.13. The van der Waals surface area contributed by atoms with Crippen molar-refractivity contribution in [1.29, 1.82) is 5.41 Å². The van der Waals surface area contributed by atoms with Gasteiger partial charge in [0, 0.05) is 31.0 Å². The molecule has 17 heavy (non-hydrogen) atoms. The third kappa shape index (κ3) is 3.71. The summed E-state index contributed by atoms with van der Waals surface area (Å²) in [5.74, 6) is 0.834. The van der Waals surface area contributed by atoms with Crippen LogP contribution >= 0.6 is 0 Å². The van der Waals surface area contributed by atoms with Gasteiger partial charge in [0.15, 0.2) is 0 Å². The number of aliphatic hydroxyl groups is 1. The molecular weight excluding hydrogens is 216 g/mol. The van der Waals surface area contributed by atoms with Crippen LogP contribution in [0.15, 0.2) is 18.3 Å². The number of anilines is 1. The highest BCUT2D eigenvalue weighted by molar-refractivity contribution is 5.95. The molecule has 0 aromatic carbocycles. The van der Waals surface area contributed by atoms with E-state index in [1.165, 1.54) is 0 Å². The Morgan fingerprint density at radius 2 is 2.29 bits per heavy atom. The molecule has 5 nitrogen and oxygen atoms in total. The first kappa shape index (κ1) is 13.4. The molecule has 0 spiro atoms. The van der Waals surface area contributed by atoms with Crippen molar-refractivity contribution in [3.63, 3.8) is 0 Å². The number of aromatic nitrogens is 1. The van der Waals surface area contributed by atoms with Crippen molar-refractivity contribution in [2.75, 3.05) is 18.1 Å². The Labute approximate surface area is 102 Å². The van der Waals surface area contributed by atoms with Crippen LogP contribution in [0.4, 0.5) is 5.82 Å². The molecule has 0 radical (unpaired) electrons. The zero-order valence-corrected chi connectivity index (χ0v) is 10.3. The summed E-state index contributed by atoms with van der Waals surface area (Å²) in [4.78, 5) is 6.37. The van der Waals surface area contributed by atoms with E-state index in [-0.39, 0.29) is 18.5 Å². The third-order valence-corrected chi connectivity index (χ3v) is 2.53. The van der Waals surface area contributed by atoms with Crippen molar-refractivity contribution < 1.29 is 5.11 Å². The minimum atomic E-state index is 0.0412. The van der Waals surface area contributed by atoms with Crippen LogP contribution in [-0.4, -0.2) is 35.1 Å². The van der Waals surface area contributed by atoms with E-state index in [4.69, 9.17) is 16.2 Å². The number of aliphatic hydroxyl groups excluding tert-OH is 1. The minimum Gasteiger partial charge on any atom is -0.396 e. The summed E-state index contributed by atoms with van der Waals surface area (Å²) < 4.78 is 0. The lowest BCUT2D eigenvalue weighted by atomic mass is 10.2. The molecule has 1 aromatic rings. The predicted octanol–water partition coefficient (Wildman–Crippen LogP) is 0.963. The van der Waals surface area contributed by atoms with E-state index in [2.05, 4.69) is 23.7 Å². The molecule has 1 rings (SSSR count). The quantitative estimate of drug-likeness (QED) is 0.507. The zero-order valence-electron chi connectivity index (χ0n) is 10.3. The highest BCUT2D eigenvalue weighted by atomic mass is 16.3. The van der Waals surface area contributed by atoms with Crippen LogP contribution < -0.4 is 10.6 Å². The second-order valence-electron chi connectivity index (χ2n) is 4.18. The second-order valence-corrected chi connectivity index (χ2v) is 4.18. The fourth-order valence-electron chi connectivity index (χ4n) is 1.62. The molecule has 0 aliphatic heterocycles. The number of amidine groups is 1. The fourth-order valence-corrected chi connectivity index (χ4v) is 1.62. The van der Waals surface area contributed by atoms with Crippen molar-refractivity contribution in [3.8, 4) is 0 Å². The van der Waals surface area contributed by atoms with Crippen molar-refractivity contribution in [2.24, 2.45) is 5.73 Å². The Bertz CT molecular complexity index is 379. The molecule has 0 saturated carbocycles. The topological polar surface area (TPSA) is 86.2 Å². The Balaban J connectivity index is 2.93. The number of nitrogen functional groups attached to an aromatic ring is 1. The van der Waals surface area contributed by atoms with Crippen LogP contribution in [-0.2, 0) is 0 Å². The first-order valence-electron chi connectivity index (χ1n) is 5.74. The molecule has 94 valence electrons. The van der Waals surface area contributed by atoms with Gasteiger partial charge in [0.2, 0.25) is 0 Å². The van der Waals surface area contributed by atoms with E-state index in [0.717, 1.165) is 12.4 Å². The molecule has 4 N–H and O–H groups in total. The number of nitrogens with zero attached hydrogens (tertiary/aromatic N) is 2. The monoisotopic (exact) mass is 236 g/mol. The summed E-state index contributed by atoms with van der Waals surface area (Å²) in [6.45, 7) is 5.04. The number of nitrogens with one attached hydrogen (secondary N) is 1. The van der Waals surface area contributed by atoms with Gasteiger partial charge in [0.05, 0.1) is 0 Å². The lowest BCUT2D eigenvalue weighted by Gasteiger charge is -2.27. The Kier molecular flexibility index (Phi) is 4.90. The smallest absolute Gasteiger partial charge is 0.129 e. The molecule has 0 amide bonds. The number of hydrogen-bond acceptors (Lipinski definition) is 4. The van der Waals surface area contributed by atoms with Crippen LogP contribution in [0.3, 0.4) is 0 Å². The van der Waals surface area contributed by atoms with Gasteiger partial charge in [0.25, 0.3) is 0 Å². The van der Waals surface area contributed by atoms with Crippen LogP contribution in [0.2, 0.25) is 0 Å². The molecule has 0 fully saturated rings. The molecular formula is C12H20N4O. The molecule has 5 heteroatoms. The molecule has 0 saturated heterocycles. The van der Waals surface area contributed by atoms with Crippen molar-refractivity contribution in [2.45, 2.75) is 26.3 Å². The van der Waals surface area contributed by atoms with E-state index in [0.29, 0.717) is 12.0 Å². The molecule has 0 unspecified atom stereocenters. The van der Waals surface area contributed by atoms with E-state index in [9.17, 15) is 0 Å². The first-order valence-corrected chi connectivity index (χ1v) is 5.74. The van der Waals surface area contributed by atoms with E-state index < -0.39 is 0 Å². The van der Waals surface area contributed by atoms with Crippen LogP contribution in [0, 0.1) is 5.41 Å². The number of hydrogen-bond donors (Lipinski definition) is 3. The average Bonchev–Trinajstić information content (AvgIpc) is 2.29. The third-order valence-electron chi connectivity index (χ3n) is 2.53. The summed E-state index contributed by atoms with van der Waals surface area (Å²) in [5, 5.41) is 16.3. The lowest BCUT2D eigenvalue weighted by Crippen LogP contribution is -2.33. The molecule has 1 heterocycles. The van der Waals surface area contributed by atoms with Gasteiger partial charge in [-0.1, -0.05) is 0 Å². The van der Waals surface area contributed by atoms with Crippen LogP contribution in [0.5, 0.6) is 0 Å². The van der Waals surface area contributed by atoms with Crippen LogP contribution in [0.1, 0.15) is 25.8 Å². The molecule has 1 aromatic heterocycles. The number of nitrogens with two attached hydrogens (primary N) is 1. The van der Waals surface area contributed by atoms with Gasteiger partial charge in [0.1, 0.15) is 11.7 Å². The summed E-state index contributed by atoms with van der Waals surface area (Å²) >= 11 is 0. The van der Waals surface area contributed by atoms with Crippen LogP contribution in [0.25, 0.3) is 0 Å². The van der Waals surface area contributed by atoms with Gasteiger partial charge >= 0.3 is 0 Å². The Morgan fingerprint density at radius 1 is 1.59 bits per heavy atom. The highest BCUT2D eigenvalue weighted by Crippen LogP contribution is 2.15. The zero-order chi connectivity index (χ0) is 12.8. The molecule has 0 aliphatic carbocycles. The lowest BCUT2D eigenvalue weighted by molar-refractivity contribution is 0.288. The van der Waals surface area contributed by atoms with E-state index >= 15 is 0 Å². The SMILES string of the molecule is CC(C)N(CCCO)c1cc(C(=N)N)ccn1. The van der Waals surface area contributed by atoms with Crippen molar-refractivity contribution in [3.05, 3.63) is 23.9 Å². The van der Waals surface area contributed by atoms with E-state index in [1.807, 2.05) is 0 Å². The van der Waals surface area contributed by atoms with Crippen molar-refractivity contribution >= 4 is 11.7 Å². The van der Waals surface area contributed by atoms with Gasteiger partial charge in [-0.15, -0.1) is 0 Å². The summed E-state index contributed by atoms with van der Waals surface area (Å²) in [7, 11) is 0. The second kappa shape index (κ2) is 6.20. The molecule has 0 atom stereocenters. The fraction of sp³-hybridized carbons (Fsp3) is 0.500. The molecule has 0 bridgehead atoms. The maximum Gasteiger partial charge on any atom is 0.129 e. The van der Waals surface area contributed by atoms with E-state index in [1.54, 1.807) is 18.3 Å². The predicted molar refractivity (Wildman–Crippen MR) is 69.4 cm³/mol. The normalized spacial score (nSPS) is 10.6. The van der Waals surface area contributed by atoms with Gasteiger partial charge in [-0.05, 0) is 32.4 Å². The largest absolute Gasteiger partial charge is 0.396 e. The highest BCUT2D eigenvalue weighted by Gasteiger charge is 2.12. The molecule has 0 aliphatic rings. The Morgan fingerprint density at radius 3 is 2.82 bits per heavy atom.